The van der Waals surface area contributed by atoms with Gasteiger partial charge in [-0.1, -0.05) is 6.07 Å². The third-order valence-corrected chi connectivity index (χ3v) is 4.44. The summed E-state index contributed by atoms with van der Waals surface area (Å²) in [5, 5.41) is 8.05. The molecule has 1 atom stereocenters. The first-order chi connectivity index (χ1) is 11.7. The lowest BCUT2D eigenvalue weighted by molar-refractivity contribution is -0.00406. The van der Waals surface area contributed by atoms with Gasteiger partial charge in [0.05, 0.1) is 36.7 Å². The Bertz CT molecular complexity index is 889. The van der Waals surface area contributed by atoms with E-state index in [9.17, 15) is 4.79 Å². The predicted octanol–water partition coefficient (Wildman–Crippen LogP) is 2.48. The molecule has 0 radical (unpaired) electrons. The first-order valence-electron chi connectivity index (χ1n) is 7.97. The number of carbonyl (C=O) groups excluding carboxylic acids is 1. The van der Waals surface area contributed by atoms with Gasteiger partial charge < -0.3 is 9.64 Å². The maximum absolute atomic E-state index is 13.1. The summed E-state index contributed by atoms with van der Waals surface area (Å²) in [7, 11) is 0. The van der Waals surface area contributed by atoms with Crippen LogP contribution < -0.4 is 0 Å². The minimum atomic E-state index is -0.140. The Morgan fingerprint density at radius 1 is 1.38 bits per heavy atom. The van der Waals surface area contributed by atoms with E-state index in [1.54, 1.807) is 12.4 Å². The molecule has 1 fully saturated rings. The fourth-order valence-electron chi connectivity index (χ4n) is 3.15. The molecule has 0 unspecified atom stereocenters. The second-order valence-corrected chi connectivity index (χ2v) is 5.97. The summed E-state index contributed by atoms with van der Waals surface area (Å²) in [6.07, 6.45) is 3.52. The lowest BCUT2D eigenvalue weighted by Gasteiger charge is -2.35. The quantitative estimate of drug-likeness (QED) is 0.787. The van der Waals surface area contributed by atoms with Crippen LogP contribution in [0.4, 0.5) is 0 Å². The maximum Gasteiger partial charge on any atom is 0.254 e. The average Bonchev–Trinajstić information content (AvgIpc) is 3.06. The number of amides is 1. The lowest BCUT2D eigenvalue weighted by Crippen LogP contribution is -2.43. The SMILES string of the molecule is Cc1cn[nH]c1[C@H]1COCCN1C(=O)c1ccc2ncccc2c1. The molecule has 0 saturated carbocycles. The molecule has 6 nitrogen and oxygen atoms in total. The third kappa shape index (κ3) is 2.55. The van der Waals surface area contributed by atoms with Crippen LogP contribution in [0.1, 0.15) is 27.7 Å². The third-order valence-electron chi connectivity index (χ3n) is 4.44. The largest absolute Gasteiger partial charge is 0.377 e. The second-order valence-electron chi connectivity index (χ2n) is 5.97. The number of nitrogens with zero attached hydrogens (tertiary/aromatic N) is 3. The van der Waals surface area contributed by atoms with Gasteiger partial charge in [-0.3, -0.25) is 14.9 Å². The number of hydrogen-bond donors (Lipinski definition) is 1. The van der Waals surface area contributed by atoms with E-state index < -0.39 is 0 Å². The highest BCUT2D eigenvalue weighted by molar-refractivity contribution is 5.98. The number of aryl methyl sites for hydroxylation is 1. The van der Waals surface area contributed by atoms with Gasteiger partial charge in [-0.25, -0.2) is 0 Å². The summed E-state index contributed by atoms with van der Waals surface area (Å²) in [5.41, 5.74) is 3.52. The Balaban J connectivity index is 1.69. The van der Waals surface area contributed by atoms with Crippen LogP contribution in [0.2, 0.25) is 0 Å². The zero-order chi connectivity index (χ0) is 16.5. The molecule has 0 bridgehead atoms. The number of H-pyrrole nitrogens is 1. The van der Waals surface area contributed by atoms with Gasteiger partial charge >= 0.3 is 0 Å². The van der Waals surface area contributed by atoms with Crippen molar-refractivity contribution in [3.63, 3.8) is 0 Å². The number of nitrogens with one attached hydrogen (secondary N) is 1. The maximum atomic E-state index is 13.1. The Morgan fingerprint density at radius 3 is 3.12 bits per heavy atom. The van der Waals surface area contributed by atoms with Crippen molar-refractivity contribution in [2.45, 2.75) is 13.0 Å². The van der Waals surface area contributed by atoms with Crippen LogP contribution in [0.3, 0.4) is 0 Å². The second kappa shape index (κ2) is 6.05. The van der Waals surface area contributed by atoms with E-state index in [4.69, 9.17) is 4.74 Å². The van der Waals surface area contributed by atoms with Crippen LogP contribution in [-0.4, -0.2) is 45.7 Å². The summed E-state index contributed by atoms with van der Waals surface area (Å²) < 4.78 is 5.60. The number of fused-ring (bicyclic) bond motifs is 1. The fourth-order valence-corrected chi connectivity index (χ4v) is 3.15. The normalized spacial score (nSPS) is 18.0. The number of carbonyl (C=O) groups is 1. The van der Waals surface area contributed by atoms with Crippen LogP contribution in [0.25, 0.3) is 10.9 Å². The number of benzene rings is 1. The van der Waals surface area contributed by atoms with Crippen LogP contribution in [0, 0.1) is 6.92 Å². The monoisotopic (exact) mass is 322 g/mol. The number of pyridine rings is 1. The van der Waals surface area contributed by atoms with Crippen molar-refractivity contribution in [2.24, 2.45) is 0 Å². The minimum absolute atomic E-state index is 0.00283. The van der Waals surface area contributed by atoms with E-state index >= 15 is 0 Å². The van der Waals surface area contributed by atoms with Crippen molar-refractivity contribution in [3.8, 4) is 0 Å². The van der Waals surface area contributed by atoms with Crippen LogP contribution in [0.5, 0.6) is 0 Å². The van der Waals surface area contributed by atoms with Gasteiger partial charge in [0.15, 0.2) is 0 Å². The number of hydrogen-bond acceptors (Lipinski definition) is 4. The Kier molecular flexibility index (Phi) is 3.74. The number of aromatic nitrogens is 3. The van der Waals surface area contributed by atoms with Gasteiger partial charge in [0.25, 0.3) is 5.91 Å². The Hall–Kier alpha value is -2.73. The van der Waals surface area contributed by atoms with E-state index in [2.05, 4.69) is 15.2 Å². The number of aromatic amines is 1. The Labute approximate surface area is 139 Å². The molecule has 4 rings (SSSR count). The molecule has 1 aliphatic rings. The van der Waals surface area contributed by atoms with E-state index in [1.807, 2.05) is 42.2 Å². The molecule has 1 aliphatic heterocycles. The van der Waals surface area contributed by atoms with Crippen LogP contribution in [-0.2, 0) is 4.74 Å². The van der Waals surface area contributed by atoms with Crippen LogP contribution >= 0.6 is 0 Å². The summed E-state index contributed by atoms with van der Waals surface area (Å²) in [6, 6.07) is 9.33. The summed E-state index contributed by atoms with van der Waals surface area (Å²) in [4.78, 5) is 19.2. The highest BCUT2D eigenvalue weighted by Crippen LogP contribution is 2.27. The van der Waals surface area contributed by atoms with Gasteiger partial charge in [0.1, 0.15) is 0 Å². The zero-order valence-corrected chi connectivity index (χ0v) is 13.4. The number of morpholine rings is 1. The zero-order valence-electron chi connectivity index (χ0n) is 13.4. The van der Waals surface area contributed by atoms with Crippen molar-refractivity contribution in [1.82, 2.24) is 20.1 Å². The predicted molar refractivity (Wildman–Crippen MR) is 89.7 cm³/mol. The molecule has 6 heteroatoms. The van der Waals surface area contributed by atoms with E-state index in [-0.39, 0.29) is 11.9 Å². The molecule has 122 valence electrons. The standard InChI is InChI=1S/C18H18N4O2/c1-12-10-20-21-17(12)16-11-24-8-7-22(16)18(23)14-4-5-15-13(9-14)3-2-6-19-15/h2-6,9-10,16H,7-8,11H2,1H3,(H,20,21)/t16-/m1/s1. The molecule has 0 aliphatic carbocycles. The average molecular weight is 322 g/mol. The van der Waals surface area contributed by atoms with Crippen molar-refractivity contribution in [1.29, 1.82) is 0 Å². The summed E-state index contributed by atoms with van der Waals surface area (Å²) >= 11 is 0. The van der Waals surface area contributed by atoms with Gasteiger partial charge in [0.2, 0.25) is 0 Å². The van der Waals surface area contributed by atoms with Crippen molar-refractivity contribution >= 4 is 16.8 Å². The molecule has 3 aromatic rings. The van der Waals surface area contributed by atoms with E-state index in [1.165, 1.54) is 0 Å². The lowest BCUT2D eigenvalue weighted by atomic mass is 10.1. The number of rotatable bonds is 2. The highest BCUT2D eigenvalue weighted by atomic mass is 16.5. The van der Waals surface area contributed by atoms with Gasteiger partial charge in [-0.05, 0) is 36.8 Å². The van der Waals surface area contributed by atoms with Crippen molar-refractivity contribution < 1.29 is 9.53 Å². The summed E-state index contributed by atoms with van der Waals surface area (Å²) in [6.45, 7) is 3.57. The molecule has 1 saturated heterocycles. The van der Waals surface area contributed by atoms with Gasteiger partial charge in [0, 0.05) is 23.7 Å². The molecular formula is C18H18N4O2. The van der Waals surface area contributed by atoms with Gasteiger partial charge in [-0.15, -0.1) is 0 Å². The van der Waals surface area contributed by atoms with Crippen molar-refractivity contribution in [3.05, 3.63) is 59.5 Å². The minimum Gasteiger partial charge on any atom is -0.377 e. The molecular weight excluding hydrogens is 304 g/mol. The molecule has 1 aromatic carbocycles. The first-order valence-corrected chi connectivity index (χ1v) is 7.97. The smallest absolute Gasteiger partial charge is 0.254 e. The van der Waals surface area contributed by atoms with Gasteiger partial charge in [-0.2, -0.15) is 5.10 Å². The highest BCUT2D eigenvalue weighted by Gasteiger charge is 2.31. The molecule has 24 heavy (non-hydrogen) atoms. The Morgan fingerprint density at radius 2 is 2.29 bits per heavy atom. The number of ether oxygens (including phenoxy) is 1. The molecule has 0 spiro atoms. The topological polar surface area (TPSA) is 71.1 Å². The van der Waals surface area contributed by atoms with E-state index in [0.717, 1.165) is 22.2 Å². The van der Waals surface area contributed by atoms with E-state index in [0.29, 0.717) is 25.3 Å². The van der Waals surface area contributed by atoms with Crippen LogP contribution in [0.15, 0.2) is 42.7 Å². The molecule has 1 amide bonds. The first kappa shape index (κ1) is 14.8. The van der Waals surface area contributed by atoms with Crippen molar-refractivity contribution in [2.75, 3.05) is 19.8 Å². The molecule has 3 heterocycles. The molecule has 2 aromatic heterocycles. The summed E-state index contributed by atoms with van der Waals surface area (Å²) in [5.74, 6) is 0.00283. The fraction of sp³-hybridized carbons (Fsp3) is 0.278. The molecule has 1 N–H and O–H groups in total.